The van der Waals surface area contributed by atoms with Crippen molar-refractivity contribution in [1.82, 2.24) is 10.6 Å². The van der Waals surface area contributed by atoms with Crippen LogP contribution in [0.2, 0.25) is 0 Å². The second-order valence-corrected chi connectivity index (χ2v) is 6.98. The van der Waals surface area contributed by atoms with Crippen LogP contribution in [0.5, 0.6) is 5.75 Å². The molecule has 1 aromatic rings. The summed E-state index contributed by atoms with van der Waals surface area (Å²) in [5.74, 6) is -1.19. The fourth-order valence-electron chi connectivity index (χ4n) is 3.01. The number of ether oxygens (including phenoxy) is 1. The first-order valence-electron chi connectivity index (χ1n) is 9.85. The van der Waals surface area contributed by atoms with Crippen molar-refractivity contribution >= 4 is 19.0 Å². The molecule has 8 nitrogen and oxygen atoms in total. The highest BCUT2D eigenvalue weighted by molar-refractivity contribution is 6.45. The number of hydrogen-bond acceptors (Lipinski definition) is 6. The Morgan fingerprint density at radius 3 is 2.93 bits per heavy atom. The van der Waals surface area contributed by atoms with Crippen LogP contribution < -0.4 is 15.4 Å². The molecule has 0 saturated heterocycles. The van der Waals surface area contributed by atoms with E-state index in [0.29, 0.717) is 13.0 Å². The van der Waals surface area contributed by atoms with Gasteiger partial charge < -0.3 is 30.2 Å². The van der Waals surface area contributed by atoms with E-state index in [9.17, 15) is 14.6 Å². The van der Waals surface area contributed by atoms with Gasteiger partial charge in [0, 0.05) is 0 Å². The lowest BCUT2D eigenvalue weighted by Gasteiger charge is -2.20. The van der Waals surface area contributed by atoms with E-state index in [1.54, 1.807) is 12.2 Å². The average Bonchev–Trinajstić information content (AvgIpc) is 2.82. The molecule has 1 aliphatic rings. The van der Waals surface area contributed by atoms with Crippen LogP contribution in [0.3, 0.4) is 0 Å². The van der Waals surface area contributed by atoms with Gasteiger partial charge in [0.25, 0.3) is 0 Å². The van der Waals surface area contributed by atoms with Gasteiger partial charge in [-0.1, -0.05) is 24.3 Å². The van der Waals surface area contributed by atoms with E-state index in [2.05, 4.69) is 10.6 Å². The Morgan fingerprint density at radius 1 is 1.34 bits per heavy atom. The molecule has 0 aliphatic carbocycles. The van der Waals surface area contributed by atoms with Crippen LogP contribution in [-0.4, -0.2) is 61.4 Å². The van der Waals surface area contributed by atoms with Crippen molar-refractivity contribution in [2.45, 2.75) is 44.1 Å². The molecule has 0 aromatic heterocycles. The van der Waals surface area contributed by atoms with Crippen molar-refractivity contribution in [3.63, 3.8) is 0 Å². The van der Waals surface area contributed by atoms with Crippen LogP contribution in [0, 0.1) is 0 Å². The van der Waals surface area contributed by atoms with E-state index in [4.69, 9.17) is 14.5 Å². The van der Waals surface area contributed by atoms with Gasteiger partial charge in [0.05, 0.1) is 31.5 Å². The average molecular weight is 404 g/mol. The Labute approximate surface area is 171 Å². The maximum Gasteiger partial charge on any atom is 0.478 e. The maximum absolute atomic E-state index is 12.4. The first-order chi connectivity index (χ1) is 14.0. The Bertz CT molecular complexity index is 699. The summed E-state index contributed by atoms with van der Waals surface area (Å²) in [5.41, 5.74) is 0.804. The monoisotopic (exact) mass is 404 g/mol. The number of nitrogens with one attached hydrogen (secondary N) is 2. The fourth-order valence-corrected chi connectivity index (χ4v) is 3.01. The van der Waals surface area contributed by atoms with Gasteiger partial charge in [0.1, 0.15) is 5.75 Å². The first-order valence-corrected chi connectivity index (χ1v) is 9.85. The van der Waals surface area contributed by atoms with Gasteiger partial charge in [-0.15, -0.1) is 0 Å². The second-order valence-electron chi connectivity index (χ2n) is 6.98. The first kappa shape index (κ1) is 22.9. The van der Waals surface area contributed by atoms with Crippen LogP contribution in [0.15, 0.2) is 36.4 Å². The molecule has 4 N–H and O–H groups in total. The zero-order valence-corrected chi connectivity index (χ0v) is 16.7. The van der Waals surface area contributed by atoms with Crippen molar-refractivity contribution < 1.29 is 29.1 Å². The zero-order valence-electron chi connectivity index (χ0n) is 16.7. The minimum Gasteiger partial charge on any atom is -0.494 e. The highest BCUT2D eigenvalue weighted by atomic mass is 16.5. The summed E-state index contributed by atoms with van der Waals surface area (Å²) in [4.78, 5) is 23.2. The molecule has 1 aromatic carbocycles. The molecular weight excluding hydrogens is 375 g/mol. The molecule has 0 spiro atoms. The third-order valence-corrected chi connectivity index (χ3v) is 4.47. The normalized spacial score (nSPS) is 18.9. The van der Waals surface area contributed by atoms with Gasteiger partial charge in [0.2, 0.25) is 5.91 Å². The number of carboxylic acid groups (broad SMARTS) is 1. The van der Waals surface area contributed by atoms with E-state index >= 15 is 0 Å². The Kier molecular flexibility index (Phi) is 9.69. The summed E-state index contributed by atoms with van der Waals surface area (Å²) < 4.78 is 11.1. The molecule has 0 saturated carbocycles. The number of rotatable bonds is 11. The second kappa shape index (κ2) is 12.3. The van der Waals surface area contributed by atoms with Gasteiger partial charge in [-0.25, -0.2) is 0 Å². The molecule has 0 bridgehead atoms. The lowest BCUT2D eigenvalue weighted by Crippen LogP contribution is -2.48. The van der Waals surface area contributed by atoms with Gasteiger partial charge in [0.15, 0.2) is 0 Å². The van der Waals surface area contributed by atoms with Crippen LogP contribution in [0.1, 0.15) is 31.2 Å². The van der Waals surface area contributed by atoms with Crippen LogP contribution >= 0.6 is 0 Å². The number of benzene rings is 1. The molecule has 158 valence electrons. The summed E-state index contributed by atoms with van der Waals surface area (Å²) >= 11 is 0. The van der Waals surface area contributed by atoms with Crippen LogP contribution in [-0.2, 0) is 20.7 Å². The molecular formula is C20H29BN2O6. The summed E-state index contributed by atoms with van der Waals surface area (Å²) in [7, 11) is 0.644. The van der Waals surface area contributed by atoms with Gasteiger partial charge in [-0.2, -0.15) is 0 Å². The lowest BCUT2D eigenvalue weighted by molar-refractivity contribution is -0.138. The fraction of sp³-hybridized carbons (Fsp3) is 0.500. The van der Waals surface area contributed by atoms with Crippen LogP contribution in [0.25, 0.3) is 0 Å². The van der Waals surface area contributed by atoms with Crippen molar-refractivity contribution in [3.05, 3.63) is 42.0 Å². The number of unbranched alkanes of at least 4 members (excludes halogenated alkanes) is 1. The third-order valence-electron chi connectivity index (χ3n) is 4.47. The van der Waals surface area contributed by atoms with Crippen molar-refractivity contribution in [1.29, 1.82) is 0 Å². The largest absolute Gasteiger partial charge is 0.494 e. The Hall–Kier alpha value is -2.36. The summed E-state index contributed by atoms with van der Waals surface area (Å²) in [6, 6.07) is 7.38. The quantitative estimate of drug-likeness (QED) is 0.246. The van der Waals surface area contributed by atoms with Gasteiger partial charge in [-0.3, -0.25) is 9.59 Å². The van der Waals surface area contributed by atoms with E-state index in [1.807, 2.05) is 31.3 Å². The number of amides is 1. The van der Waals surface area contributed by atoms with Gasteiger partial charge in [-0.05, 0) is 50.6 Å². The highest BCUT2D eigenvalue weighted by Crippen LogP contribution is 2.16. The van der Waals surface area contributed by atoms with E-state index in [-0.39, 0.29) is 18.7 Å². The minimum atomic E-state index is -1.27. The highest BCUT2D eigenvalue weighted by Gasteiger charge is 2.32. The topological polar surface area (TPSA) is 117 Å². The van der Waals surface area contributed by atoms with Crippen molar-refractivity contribution in [3.8, 4) is 5.75 Å². The molecule has 1 aliphatic heterocycles. The molecule has 29 heavy (non-hydrogen) atoms. The molecule has 1 amide bonds. The molecule has 0 radical (unpaired) electrons. The van der Waals surface area contributed by atoms with E-state index in [0.717, 1.165) is 30.7 Å². The number of hydrogen-bond donors (Lipinski definition) is 4. The predicted octanol–water partition coefficient (Wildman–Crippen LogP) is 0.932. The molecule has 9 heteroatoms. The van der Waals surface area contributed by atoms with E-state index < -0.39 is 25.1 Å². The number of carboxylic acids is 1. The van der Waals surface area contributed by atoms with Crippen molar-refractivity contribution in [2.24, 2.45) is 0 Å². The summed E-state index contributed by atoms with van der Waals surface area (Å²) in [5, 5.41) is 24.9. The van der Waals surface area contributed by atoms with Gasteiger partial charge >= 0.3 is 13.1 Å². The number of carbonyl (C=O) groups excluding carboxylic acids is 1. The molecule has 2 unspecified atom stereocenters. The minimum absolute atomic E-state index is 0.141. The molecule has 1 heterocycles. The molecule has 2 rings (SSSR count). The maximum atomic E-state index is 12.4. The molecule has 2 atom stereocenters. The summed E-state index contributed by atoms with van der Waals surface area (Å²) in [6.45, 7) is 1.57. The Balaban J connectivity index is 1.82. The SMILES string of the molecule is CNCCCCOc1cccc(CC(=O)NC2CC=CC(CC(=O)O)OB2O)c1. The van der Waals surface area contributed by atoms with E-state index in [1.165, 1.54) is 0 Å². The molecule has 0 fully saturated rings. The zero-order chi connectivity index (χ0) is 21.1. The smallest absolute Gasteiger partial charge is 0.478 e. The summed E-state index contributed by atoms with van der Waals surface area (Å²) in [6.07, 6.45) is 4.84. The van der Waals surface area contributed by atoms with Crippen molar-refractivity contribution in [2.75, 3.05) is 20.2 Å². The standard InChI is InChI=1S/C20H29BN2O6/c1-22-10-2-3-11-28-16-7-4-6-15(12-16)13-19(24)23-18-9-5-8-17(14-20(25)26)29-21(18)27/h4-8,12,17-18,22,27H,2-3,9-11,13-14H2,1H3,(H,23,24)(H,25,26). The number of aliphatic carboxylic acids is 1. The Morgan fingerprint density at radius 2 is 2.17 bits per heavy atom. The third kappa shape index (κ3) is 8.68. The lowest BCUT2D eigenvalue weighted by atomic mass is 9.77. The number of carbonyl (C=O) groups is 2. The van der Waals surface area contributed by atoms with Crippen LogP contribution in [0.4, 0.5) is 0 Å². The predicted molar refractivity (Wildman–Crippen MR) is 110 cm³/mol.